The van der Waals surface area contributed by atoms with Crippen molar-refractivity contribution in [2.75, 3.05) is 31.5 Å². The van der Waals surface area contributed by atoms with Gasteiger partial charge in [-0.15, -0.1) is 0 Å². The van der Waals surface area contributed by atoms with E-state index in [1.165, 1.54) is 51.0 Å². The van der Waals surface area contributed by atoms with Gasteiger partial charge in [-0.05, 0) is 63.5 Å². The summed E-state index contributed by atoms with van der Waals surface area (Å²) in [5.74, 6) is 0. The molecule has 1 aliphatic rings. The molecular weight excluding hydrogens is 244 g/mol. The molecule has 1 fully saturated rings. The summed E-state index contributed by atoms with van der Waals surface area (Å²) in [6.45, 7) is 6.88. The molecule has 0 spiro atoms. The van der Waals surface area contributed by atoms with Crippen LogP contribution < -0.4 is 5.32 Å². The number of hydrogen-bond donors (Lipinski definition) is 1. The summed E-state index contributed by atoms with van der Waals surface area (Å²) < 4.78 is 0. The first-order valence-corrected chi connectivity index (χ1v) is 7.36. The number of halogens is 1. The summed E-state index contributed by atoms with van der Waals surface area (Å²) in [6.07, 6.45) is 5.37. The Hall–Kier alpha value is -0.730. The molecule has 0 radical (unpaired) electrons. The highest BCUT2D eigenvalue weighted by Crippen LogP contribution is 2.22. The van der Waals surface area contributed by atoms with Gasteiger partial charge in [-0.3, -0.25) is 0 Å². The van der Waals surface area contributed by atoms with Gasteiger partial charge < -0.3 is 10.2 Å². The lowest BCUT2D eigenvalue weighted by Crippen LogP contribution is -2.31. The van der Waals surface area contributed by atoms with Gasteiger partial charge in [0.15, 0.2) is 0 Å². The second-order valence-corrected chi connectivity index (χ2v) is 5.50. The predicted molar refractivity (Wildman–Crippen MR) is 79.6 cm³/mol. The molecule has 1 heterocycles. The monoisotopic (exact) mass is 266 g/mol. The van der Waals surface area contributed by atoms with Crippen LogP contribution in [0.2, 0.25) is 5.02 Å². The van der Waals surface area contributed by atoms with Gasteiger partial charge in [-0.2, -0.15) is 0 Å². The van der Waals surface area contributed by atoms with Crippen LogP contribution in [0.1, 0.15) is 31.2 Å². The Labute approximate surface area is 115 Å². The number of nitrogens with zero attached hydrogens (tertiary/aromatic N) is 1. The fourth-order valence-electron chi connectivity index (χ4n) is 2.51. The van der Waals surface area contributed by atoms with Crippen LogP contribution in [0.3, 0.4) is 0 Å². The molecule has 1 aromatic rings. The van der Waals surface area contributed by atoms with Gasteiger partial charge in [0.25, 0.3) is 0 Å². The molecule has 1 aromatic carbocycles. The summed E-state index contributed by atoms with van der Waals surface area (Å²) in [7, 11) is 0. The van der Waals surface area contributed by atoms with E-state index in [0.29, 0.717) is 0 Å². The van der Waals surface area contributed by atoms with Crippen LogP contribution >= 0.6 is 11.6 Å². The quantitative estimate of drug-likeness (QED) is 0.813. The van der Waals surface area contributed by atoms with Crippen molar-refractivity contribution in [3.8, 4) is 0 Å². The Bertz CT molecular complexity index is 373. The molecule has 0 atom stereocenters. The standard InChI is InChI=1S/C15H23ClN2/c1-13-14(16)7-5-8-15(13)17-9-6-12-18-10-3-2-4-11-18/h5,7-8,17H,2-4,6,9-12H2,1H3. The summed E-state index contributed by atoms with van der Waals surface area (Å²) in [6, 6.07) is 6.04. The summed E-state index contributed by atoms with van der Waals surface area (Å²) >= 11 is 6.10. The zero-order chi connectivity index (χ0) is 12.8. The van der Waals surface area contributed by atoms with Crippen molar-refractivity contribution in [2.45, 2.75) is 32.6 Å². The summed E-state index contributed by atoms with van der Waals surface area (Å²) in [5, 5.41) is 4.33. The number of nitrogens with one attached hydrogen (secondary N) is 1. The van der Waals surface area contributed by atoms with Gasteiger partial charge in [0.05, 0.1) is 0 Å². The van der Waals surface area contributed by atoms with E-state index in [1.54, 1.807) is 0 Å². The average molecular weight is 267 g/mol. The molecule has 3 heteroatoms. The maximum absolute atomic E-state index is 6.10. The number of rotatable bonds is 5. The van der Waals surface area contributed by atoms with Crippen LogP contribution in [0, 0.1) is 6.92 Å². The third-order valence-electron chi connectivity index (χ3n) is 3.68. The van der Waals surface area contributed by atoms with E-state index in [2.05, 4.69) is 23.2 Å². The zero-order valence-corrected chi connectivity index (χ0v) is 12.0. The van der Waals surface area contributed by atoms with E-state index in [0.717, 1.165) is 17.1 Å². The van der Waals surface area contributed by atoms with Crippen molar-refractivity contribution in [1.29, 1.82) is 0 Å². The Morgan fingerprint density at radius 3 is 2.78 bits per heavy atom. The largest absolute Gasteiger partial charge is 0.385 e. The molecule has 0 aliphatic carbocycles. The van der Waals surface area contributed by atoms with Crippen LogP contribution in [0.15, 0.2) is 18.2 Å². The molecule has 2 nitrogen and oxygen atoms in total. The van der Waals surface area contributed by atoms with E-state index in [9.17, 15) is 0 Å². The molecule has 0 aromatic heterocycles. The van der Waals surface area contributed by atoms with Crippen LogP contribution in [-0.4, -0.2) is 31.1 Å². The Morgan fingerprint density at radius 2 is 2.00 bits per heavy atom. The highest BCUT2D eigenvalue weighted by molar-refractivity contribution is 6.31. The van der Waals surface area contributed by atoms with Crippen LogP contribution in [-0.2, 0) is 0 Å². The normalized spacial score (nSPS) is 16.8. The van der Waals surface area contributed by atoms with Gasteiger partial charge in [0.2, 0.25) is 0 Å². The molecule has 0 amide bonds. The lowest BCUT2D eigenvalue weighted by Gasteiger charge is -2.26. The molecule has 0 saturated carbocycles. The number of hydrogen-bond acceptors (Lipinski definition) is 2. The van der Waals surface area contributed by atoms with Gasteiger partial charge in [-0.1, -0.05) is 24.1 Å². The number of anilines is 1. The second kappa shape index (κ2) is 7.01. The third-order valence-corrected chi connectivity index (χ3v) is 4.09. The van der Waals surface area contributed by atoms with Crippen molar-refractivity contribution in [3.63, 3.8) is 0 Å². The minimum atomic E-state index is 0.844. The maximum atomic E-state index is 6.10. The fraction of sp³-hybridized carbons (Fsp3) is 0.600. The van der Waals surface area contributed by atoms with E-state index < -0.39 is 0 Å². The molecule has 0 bridgehead atoms. The topological polar surface area (TPSA) is 15.3 Å². The molecule has 1 N–H and O–H groups in total. The molecule has 1 saturated heterocycles. The second-order valence-electron chi connectivity index (χ2n) is 5.10. The van der Waals surface area contributed by atoms with Gasteiger partial charge >= 0.3 is 0 Å². The summed E-state index contributed by atoms with van der Waals surface area (Å²) in [4.78, 5) is 2.58. The molecule has 1 aliphatic heterocycles. The van der Waals surface area contributed by atoms with Crippen molar-refractivity contribution in [3.05, 3.63) is 28.8 Å². The predicted octanol–water partition coefficient (Wildman–Crippen LogP) is 3.94. The molecular formula is C15H23ClN2. The van der Waals surface area contributed by atoms with Crippen LogP contribution in [0.4, 0.5) is 5.69 Å². The Kier molecular flexibility index (Phi) is 5.33. The Balaban J connectivity index is 1.70. The SMILES string of the molecule is Cc1c(Cl)cccc1NCCCN1CCCCC1. The summed E-state index contributed by atoms with van der Waals surface area (Å²) in [5.41, 5.74) is 2.32. The molecule has 18 heavy (non-hydrogen) atoms. The fourth-order valence-corrected chi connectivity index (χ4v) is 2.68. The lowest BCUT2D eigenvalue weighted by molar-refractivity contribution is 0.228. The Morgan fingerprint density at radius 1 is 1.22 bits per heavy atom. The van der Waals surface area contributed by atoms with Gasteiger partial charge in [0, 0.05) is 17.3 Å². The van der Waals surface area contributed by atoms with Crippen molar-refractivity contribution in [1.82, 2.24) is 4.90 Å². The first-order valence-electron chi connectivity index (χ1n) is 6.99. The van der Waals surface area contributed by atoms with E-state index >= 15 is 0 Å². The number of likely N-dealkylation sites (tertiary alicyclic amines) is 1. The molecule has 0 unspecified atom stereocenters. The van der Waals surface area contributed by atoms with E-state index in [4.69, 9.17) is 11.6 Å². The smallest absolute Gasteiger partial charge is 0.0455 e. The lowest BCUT2D eigenvalue weighted by atomic mass is 10.1. The average Bonchev–Trinajstić information content (AvgIpc) is 2.40. The maximum Gasteiger partial charge on any atom is 0.0455 e. The first-order chi connectivity index (χ1) is 8.77. The highest BCUT2D eigenvalue weighted by atomic mass is 35.5. The van der Waals surface area contributed by atoms with Crippen molar-refractivity contribution >= 4 is 17.3 Å². The van der Waals surface area contributed by atoms with E-state index in [-0.39, 0.29) is 0 Å². The minimum Gasteiger partial charge on any atom is -0.385 e. The molecule has 2 rings (SSSR count). The van der Waals surface area contributed by atoms with Crippen LogP contribution in [0.25, 0.3) is 0 Å². The van der Waals surface area contributed by atoms with Gasteiger partial charge in [0.1, 0.15) is 0 Å². The molecule has 100 valence electrons. The van der Waals surface area contributed by atoms with Crippen molar-refractivity contribution < 1.29 is 0 Å². The first kappa shape index (κ1) is 13.7. The number of piperidine rings is 1. The highest BCUT2D eigenvalue weighted by Gasteiger charge is 2.09. The van der Waals surface area contributed by atoms with Crippen LogP contribution in [0.5, 0.6) is 0 Å². The van der Waals surface area contributed by atoms with Crippen molar-refractivity contribution in [2.24, 2.45) is 0 Å². The third kappa shape index (κ3) is 3.89. The number of benzene rings is 1. The zero-order valence-electron chi connectivity index (χ0n) is 11.2. The minimum absolute atomic E-state index is 0.844. The van der Waals surface area contributed by atoms with E-state index in [1.807, 2.05) is 12.1 Å². The van der Waals surface area contributed by atoms with Gasteiger partial charge in [-0.25, -0.2) is 0 Å².